The van der Waals surface area contributed by atoms with Crippen LogP contribution < -0.4 is 9.47 Å². The number of allylic oxidation sites excluding steroid dienone is 3. The molecule has 31 heavy (non-hydrogen) atoms. The Bertz CT molecular complexity index is 899. The van der Waals surface area contributed by atoms with Crippen LogP contribution in [-0.2, 0) is 4.79 Å². The lowest BCUT2D eigenvalue weighted by molar-refractivity contribution is -0.384. The van der Waals surface area contributed by atoms with E-state index in [-0.39, 0.29) is 17.9 Å². The predicted octanol–water partition coefficient (Wildman–Crippen LogP) is 6.51. The zero-order chi connectivity index (χ0) is 22.5. The van der Waals surface area contributed by atoms with Crippen LogP contribution in [0.25, 0.3) is 5.57 Å². The number of carbonyl (C=O) groups is 1. The molecule has 0 aromatic heterocycles. The summed E-state index contributed by atoms with van der Waals surface area (Å²) in [6.45, 7) is 2.19. The van der Waals surface area contributed by atoms with Gasteiger partial charge < -0.3 is 9.47 Å². The molecule has 0 N–H and O–H groups in total. The summed E-state index contributed by atoms with van der Waals surface area (Å²) in [6.07, 6.45) is 11.4. The van der Waals surface area contributed by atoms with Crippen LogP contribution in [0.4, 0.5) is 5.69 Å². The molecule has 164 valence electrons. The van der Waals surface area contributed by atoms with E-state index in [0.29, 0.717) is 0 Å². The van der Waals surface area contributed by atoms with Gasteiger partial charge in [0.05, 0.1) is 18.5 Å². The van der Waals surface area contributed by atoms with Gasteiger partial charge in [0.25, 0.3) is 5.69 Å². The van der Waals surface area contributed by atoms with Crippen LogP contribution in [0.3, 0.4) is 0 Å². The topological polar surface area (TPSA) is 78.7 Å². The van der Waals surface area contributed by atoms with Crippen molar-refractivity contribution in [3.63, 3.8) is 0 Å². The molecule has 6 nitrogen and oxygen atoms in total. The lowest BCUT2D eigenvalue weighted by Crippen LogP contribution is -2.06. The second kappa shape index (κ2) is 13.0. The van der Waals surface area contributed by atoms with Gasteiger partial charge in [-0.2, -0.15) is 0 Å². The van der Waals surface area contributed by atoms with Crippen LogP contribution in [0.2, 0.25) is 0 Å². The molecule has 0 saturated carbocycles. The van der Waals surface area contributed by atoms with Crippen molar-refractivity contribution in [2.75, 3.05) is 7.11 Å². The van der Waals surface area contributed by atoms with E-state index in [0.717, 1.165) is 24.2 Å². The second-order valence-corrected chi connectivity index (χ2v) is 7.09. The van der Waals surface area contributed by atoms with E-state index in [9.17, 15) is 14.9 Å². The number of ether oxygens (including phenoxy) is 2. The van der Waals surface area contributed by atoms with Crippen molar-refractivity contribution in [1.29, 1.82) is 0 Å². The zero-order valence-corrected chi connectivity index (χ0v) is 18.1. The van der Waals surface area contributed by atoms with E-state index >= 15 is 0 Å². The fourth-order valence-corrected chi connectivity index (χ4v) is 3.03. The number of non-ortho nitro benzene ring substituents is 1. The van der Waals surface area contributed by atoms with Gasteiger partial charge in [-0.05, 0) is 48.2 Å². The van der Waals surface area contributed by atoms with E-state index in [2.05, 4.69) is 6.92 Å². The summed E-state index contributed by atoms with van der Waals surface area (Å²) in [5.41, 5.74) is 2.30. The molecular weight excluding hydrogens is 394 g/mol. The van der Waals surface area contributed by atoms with E-state index < -0.39 is 10.9 Å². The SMILES string of the molecule is CCCCCC/C(=C\C=C\CC(=O)Oc1ccc([N+](=O)[O-])cc1)c1ccc(OC)cc1. The third-order valence-electron chi connectivity index (χ3n) is 4.76. The first kappa shape index (κ1) is 23.9. The van der Waals surface area contributed by atoms with Crippen molar-refractivity contribution in [1.82, 2.24) is 0 Å². The summed E-state index contributed by atoms with van der Waals surface area (Å²) < 4.78 is 10.4. The van der Waals surface area contributed by atoms with E-state index in [1.807, 2.05) is 36.4 Å². The maximum atomic E-state index is 12.0. The summed E-state index contributed by atoms with van der Waals surface area (Å²) in [5.74, 6) is 0.681. The maximum absolute atomic E-state index is 12.0. The Kier molecular flexibility index (Phi) is 10.0. The van der Waals surface area contributed by atoms with E-state index in [4.69, 9.17) is 9.47 Å². The largest absolute Gasteiger partial charge is 0.497 e. The molecule has 0 amide bonds. The standard InChI is InChI=1S/C25H29NO5/c1-3-4-5-6-9-20(21-12-16-23(30-2)17-13-21)10-7-8-11-25(27)31-24-18-14-22(15-19-24)26(28)29/h7-8,10,12-19H,3-6,9,11H2,1-2H3/b8-7+,20-10+. The molecule has 0 aliphatic heterocycles. The molecule has 0 radical (unpaired) electrons. The summed E-state index contributed by atoms with van der Waals surface area (Å²) in [6, 6.07) is 13.4. The molecule has 2 aromatic rings. The van der Waals surface area contributed by atoms with Gasteiger partial charge in [-0.15, -0.1) is 0 Å². The Hall–Kier alpha value is -3.41. The molecule has 0 spiro atoms. The molecule has 0 unspecified atom stereocenters. The molecule has 0 atom stereocenters. The molecule has 0 aliphatic rings. The molecule has 0 saturated heterocycles. The number of rotatable bonds is 12. The monoisotopic (exact) mass is 423 g/mol. The first-order valence-electron chi connectivity index (χ1n) is 10.5. The van der Waals surface area contributed by atoms with Crippen molar-refractivity contribution in [2.24, 2.45) is 0 Å². The summed E-state index contributed by atoms with van der Waals surface area (Å²) in [5, 5.41) is 10.7. The third-order valence-corrected chi connectivity index (χ3v) is 4.76. The lowest BCUT2D eigenvalue weighted by atomic mass is 9.98. The highest BCUT2D eigenvalue weighted by Gasteiger charge is 2.07. The fraction of sp³-hybridized carbons (Fsp3) is 0.320. The molecule has 0 heterocycles. The van der Waals surface area contributed by atoms with Crippen molar-refractivity contribution in [2.45, 2.75) is 45.4 Å². The second-order valence-electron chi connectivity index (χ2n) is 7.09. The molecule has 2 rings (SSSR count). The molecule has 0 aliphatic carbocycles. The van der Waals surface area contributed by atoms with Crippen molar-refractivity contribution < 1.29 is 19.2 Å². The van der Waals surface area contributed by atoms with Gasteiger partial charge >= 0.3 is 5.97 Å². The average Bonchev–Trinajstić information content (AvgIpc) is 2.78. The number of nitro groups is 1. The van der Waals surface area contributed by atoms with Crippen LogP contribution >= 0.6 is 0 Å². The maximum Gasteiger partial charge on any atom is 0.315 e. The Morgan fingerprint density at radius 3 is 2.29 bits per heavy atom. The van der Waals surface area contributed by atoms with Gasteiger partial charge in [-0.3, -0.25) is 14.9 Å². The third kappa shape index (κ3) is 8.46. The fourth-order valence-electron chi connectivity index (χ4n) is 3.03. The molecule has 6 heteroatoms. The number of nitro benzene ring substituents is 1. The van der Waals surface area contributed by atoms with Gasteiger partial charge in [0, 0.05) is 12.1 Å². The minimum atomic E-state index is -0.497. The Morgan fingerprint density at radius 2 is 1.68 bits per heavy atom. The first-order chi connectivity index (χ1) is 15.0. The Labute approximate surface area is 183 Å². The quantitative estimate of drug-likeness (QED) is 0.0971. The predicted molar refractivity (Wildman–Crippen MR) is 122 cm³/mol. The van der Waals surface area contributed by atoms with Crippen LogP contribution in [0.15, 0.2) is 66.8 Å². The number of benzene rings is 2. The van der Waals surface area contributed by atoms with Crippen molar-refractivity contribution in [3.8, 4) is 11.5 Å². The first-order valence-corrected chi connectivity index (χ1v) is 10.5. The Morgan fingerprint density at radius 1 is 1.00 bits per heavy atom. The van der Waals surface area contributed by atoms with Gasteiger partial charge in [0.1, 0.15) is 11.5 Å². The van der Waals surface area contributed by atoms with Crippen LogP contribution in [-0.4, -0.2) is 18.0 Å². The number of unbranched alkanes of at least 4 members (excludes halogenated alkanes) is 3. The van der Waals surface area contributed by atoms with E-state index in [1.165, 1.54) is 49.1 Å². The lowest BCUT2D eigenvalue weighted by Gasteiger charge is -2.08. The molecule has 2 aromatic carbocycles. The van der Waals surface area contributed by atoms with Crippen LogP contribution in [0.5, 0.6) is 11.5 Å². The van der Waals surface area contributed by atoms with E-state index in [1.54, 1.807) is 13.2 Å². The normalized spacial score (nSPS) is 11.5. The summed E-state index contributed by atoms with van der Waals surface area (Å²) >= 11 is 0. The van der Waals surface area contributed by atoms with Gasteiger partial charge in [0.2, 0.25) is 0 Å². The van der Waals surface area contributed by atoms with Gasteiger partial charge in [0.15, 0.2) is 0 Å². The summed E-state index contributed by atoms with van der Waals surface area (Å²) in [7, 11) is 1.65. The highest BCUT2D eigenvalue weighted by Crippen LogP contribution is 2.24. The number of nitrogens with zero attached hydrogens (tertiary/aromatic N) is 1. The smallest absolute Gasteiger partial charge is 0.315 e. The molecule has 0 bridgehead atoms. The number of hydrogen-bond acceptors (Lipinski definition) is 5. The van der Waals surface area contributed by atoms with Gasteiger partial charge in [-0.25, -0.2) is 0 Å². The summed E-state index contributed by atoms with van der Waals surface area (Å²) in [4.78, 5) is 22.2. The number of esters is 1. The molecular formula is C25H29NO5. The van der Waals surface area contributed by atoms with Crippen molar-refractivity contribution in [3.05, 3.63) is 82.4 Å². The highest BCUT2D eigenvalue weighted by molar-refractivity contribution is 5.74. The minimum Gasteiger partial charge on any atom is -0.497 e. The average molecular weight is 424 g/mol. The van der Waals surface area contributed by atoms with Crippen LogP contribution in [0, 0.1) is 10.1 Å². The number of methoxy groups -OCH3 is 1. The van der Waals surface area contributed by atoms with Crippen molar-refractivity contribution >= 4 is 17.2 Å². The minimum absolute atomic E-state index is 0.0465. The number of carbonyl (C=O) groups excluding carboxylic acids is 1. The highest BCUT2D eigenvalue weighted by atomic mass is 16.6. The Balaban J connectivity index is 1.96. The zero-order valence-electron chi connectivity index (χ0n) is 18.1. The van der Waals surface area contributed by atoms with Crippen LogP contribution in [0.1, 0.15) is 51.0 Å². The number of hydrogen-bond donors (Lipinski definition) is 0. The molecule has 0 fully saturated rings. The van der Waals surface area contributed by atoms with Gasteiger partial charge in [-0.1, -0.05) is 56.5 Å².